The Balaban J connectivity index is 2.28. The maximum atomic E-state index is 12.4. The molecule has 1 heterocycles. The molecule has 0 aliphatic heterocycles. The Morgan fingerprint density at radius 3 is 2.71 bits per heavy atom. The molecule has 0 atom stereocenters. The van der Waals surface area contributed by atoms with Gasteiger partial charge in [0.05, 0.1) is 29.9 Å². The SMILES string of the molecule is CCc1nn(C)c(CC(=O)c2ccc(OC)cc2N)c1Cl. The third-order valence-corrected chi connectivity index (χ3v) is 3.83. The first kappa shape index (κ1) is 15.4. The average Bonchev–Trinajstić information content (AvgIpc) is 2.74. The van der Waals surface area contributed by atoms with Gasteiger partial charge in [0.1, 0.15) is 5.75 Å². The van der Waals surface area contributed by atoms with Crippen molar-refractivity contribution in [1.82, 2.24) is 9.78 Å². The third kappa shape index (κ3) is 3.03. The molecule has 21 heavy (non-hydrogen) atoms. The van der Waals surface area contributed by atoms with Gasteiger partial charge in [-0.15, -0.1) is 0 Å². The number of carbonyl (C=O) groups is 1. The fourth-order valence-electron chi connectivity index (χ4n) is 2.18. The Bertz CT molecular complexity index is 680. The Morgan fingerprint density at radius 2 is 2.19 bits per heavy atom. The number of anilines is 1. The first-order chi connectivity index (χ1) is 9.97. The Labute approximate surface area is 128 Å². The van der Waals surface area contributed by atoms with Crippen molar-refractivity contribution in [2.75, 3.05) is 12.8 Å². The summed E-state index contributed by atoms with van der Waals surface area (Å²) in [5, 5.41) is 4.86. The van der Waals surface area contributed by atoms with Crippen LogP contribution in [0.15, 0.2) is 18.2 Å². The standard InChI is InChI=1S/C15H18ClN3O2/c1-4-12-15(16)13(19(2)18-12)8-14(20)10-6-5-9(21-3)7-11(10)17/h5-7H,4,8,17H2,1-3H3. The van der Waals surface area contributed by atoms with Gasteiger partial charge in [0, 0.05) is 24.4 Å². The zero-order chi connectivity index (χ0) is 15.6. The number of nitrogen functional groups attached to an aromatic ring is 1. The summed E-state index contributed by atoms with van der Waals surface area (Å²) in [7, 11) is 3.34. The van der Waals surface area contributed by atoms with Crippen LogP contribution in [0.2, 0.25) is 5.02 Å². The summed E-state index contributed by atoms with van der Waals surface area (Å²) in [4.78, 5) is 12.4. The van der Waals surface area contributed by atoms with Crippen LogP contribution in [-0.4, -0.2) is 22.7 Å². The minimum absolute atomic E-state index is 0.0947. The highest BCUT2D eigenvalue weighted by Gasteiger charge is 2.18. The van der Waals surface area contributed by atoms with E-state index in [4.69, 9.17) is 22.1 Å². The Kier molecular flexibility index (Phi) is 4.53. The van der Waals surface area contributed by atoms with E-state index in [9.17, 15) is 4.79 Å². The van der Waals surface area contributed by atoms with Crippen LogP contribution in [-0.2, 0) is 19.9 Å². The number of aromatic nitrogens is 2. The van der Waals surface area contributed by atoms with Gasteiger partial charge >= 0.3 is 0 Å². The van der Waals surface area contributed by atoms with Crippen molar-refractivity contribution in [3.8, 4) is 5.75 Å². The highest BCUT2D eigenvalue weighted by Crippen LogP contribution is 2.25. The minimum Gasteiger partial charge on any atom is -0.497 e. The van der Waals surface area contributed by atoms with Crippen LogP contribution in [0.4, 0.5) is 5.69 Å². The Morgan fingerprint density at radius 1 is 1.48 bits per heavy atom. The van der Waals surface area contributed by atoms with Crippen LogP contribution >= 0.6 is 11.6 Å². The normalized spacial score (nSPS) is 10.7. The van der Waals surface area contributed by atoms with Gasteiger partial charge in [-0.3, -0.25) is 9.48 Å². The number of hydrogen-bond donors (Lipinski definition) is 1. The number of rotatable bonds is 5. The fraction of sp³-hybridized carbons (Fsp3) is 0.333. The summed E-state index contributed by atoms with van der Waals surface area (Å²) < 4.78 is 6.73. The van der Waals surface area contributed by atoms with Gasteiger partial charge in [-0.25, -0.2) is 0 Å². The number of benzene rings is 1. The molecule has 0 amide bonds. The van der Waals surface area contributed by atoms with Crippen LogP contribution in [0, 0.1) is 0 Å². The van der Waals surface area contributed by atoms with Crippen molar-refractivity contribution < 1.29 is 9.53 Å². The van der Waals surface area contributed by atoms with E-state index in [0.717, 1.165) is 12.1 Å². The highest BCUT2D eigenvalue weighted by molar-refractivity contribution is 6.32. The van der Waals surface area contributed by atoms with Crippen molar-refractivity contribution in [3.05, 3.63) is 40.2 Å². The van der Waals surface area contributed by atoms with E-state index < -0.39 is 0 Å². The van der Waals surface area contributed by atoms with Gasteiger partial charge in [0.25, 0.3) is 0 Å². The summed E-state index contributed by atoms with van der Waals surface area (Å²) >= 11 is 6.26. The number of carbonyl (C=O) groups excluding carboxylic acids is 1. The average molecular weight is 308 g/mol. The van der Waals surface area contributed by atoms with E-state index in [-0.39, 0.29) is 12.2 Å². The second kappa shape index (κ2) is 6.18. The van der Waals surface area contributed by atoms with E-state index in [2.05, 4.69) is 5.10 Å². The molecule has 1 aromatic heterocycles. The lowest BCUT2D eigenvalue weighted by Gasteiger charge is -2.07. The molecule has 6 heteroatoms. The van der Waals surface area contributed by atoms with Gasteiger partial charge in [-0.05, 0) is 18.6 Å². The predicted molar refractivity (Wildman–Crippen MR) is 83.0 cm³/mol. The smallest absolute Gasteiger partial charge is 0.170 e. The molecule has 0 aliphatic carbocycles. The van der Waals surface area contributed by atoms with Crippen molar-refractivity contribution in [3.63, 3.8) is 0 Å². The van der Waals surface area contributed by atoms with E-state index in [1.807, 2.05) is 6.92 Å². The van der Waals surface area contributed by atoms with E-state index in [0.29, 0.717) is 27.7 Å². The maximum absolute atomic E-state index is 12.4. The van der Waals surface area contributed by atoms with Gasteiger partial charge in [-0.2, -0.15) is 5.10 Å². The zero-order valence-electron chi connectivity index (χ0n) is 12.3. The molecule has 1 aromatic carbocycles. The number of nitrogens with two attached hydrogens (primary N) is 1. The molecule has 0 spiro atoms. The lowest BCUT2D eigenvalue weighted by atomic mass is 10.0. The van der Waals surface area contributed by atoms with Crippen LogP contribution in [0.1, 0.15) is 28.7 Å². The molecule has 0 saturated heterocycles. The summed E-state index contributed by atoms with van der Waals surface area (Å²) in [5.41, 5.74) is 8.26. The van der Waals surface area contributed by atoms with Crippen molar-refractivity contribution in [1.29, 1.82) is 0 Å². The van der Waals surface area contributed by atoms with E-state index >= 15 is 0 Å². The molecule has 2 N–H and O–H groups in total. The molecule has 0 saturated carbocycles. The zero-order valence-corrected chi connectivity index (χ0v) is 13.1. The van der Waals surface area contributed by atoms with Crippen LogP contribution in [0.3, 0.4) is 0 Å². The molecule has 0 unspecified atom stereocenters. The monoisotopic (exact) mass is 307 g/mol. The van der Waals surface area contributed by atoms with Crippen molar-refractivity contribution in [2.45, 2.75) is 19.8 Å². The molecule has 0 fully saturated rings. The second-order valence-electron chi connectivity index (χ2n) is 4.74. The van der Waals surface area contributed by atoms with Gasteiger partial charge in [0.15, 0.2) is 5.78 Å². The number of halogens is 1. The lowest BCUT2D eigenvalue weighted by Crippen LogP contribution is -2.10. The second-order valence-corrected chi connectivity index (χ2v) is 5.12. The summed E-state index contributed by atoms with van der Waals surface area (Å²) in [6.45, 7) is 1.97. The van der Waals surface area contributed by atoms with Crippen molar-refractivity contribution in [2.24, 2.45) is 7.05 Å². The Hall–Kier alpha value is -2.01. The fourth-order valence-corrected chi connectivity index (χ4v) is 2.54. The lowest BCUT2D eigenvalue weighted by molar-refractivity contribution is 0.0991. The van der Waals surface area contributed by atoms with Gasteiger partial charge in [-0.1, -0.05) is 18.5 Å². The summed E-state index contributed by atoms with van der Waals surface area (Å²) in [5.74, 6) is 0.526. The maximum Gasteiger partial charge on any atom is 0.170 e. The number of methoxy groups -OCH3 is 1. The summed E-state index contributed by atoms with van der Waals surface area (Å²) in [6.07, 6.45) is 0.893. The van der Waals surface area contributed by atoms with Crippen LogP contribution < -0.4 is 10.5 Å². The van der Waals surface area contributed by atoms with Crippen LogP contribution in [0.25, 0.3) is 0 Å². The van der Waals surface area contributed by atoms with E-state index in [1.165, 1.54) is 0 Å². The first-order valence-electron chi connectivity index (χ1n) is 6.64. The molecule has 5 nitrogen and oxygen atoms in total. The van der Waals surface area contributed by atoms with Crippen LogP contribution in [0.5, 0.6) is 5.75 Å². The number of ketones is 1. The first-order valence-corrected chi connectivity index (χ1v) is 7.02. The van der Waals surface area contributed by atoms with Gasteiger partial charge in [0.2, 0.25) is 0 Å². The molecular formula is C15H18ClN3O2. The number of aryl methyl sites for hydroxylation is 2. The number of Topliss-reactive ketones (excluding diaryl/α,β-unsaturated/α-hetero) is 1. The topological polar surface area (TPSA) is 70.1 Å². The third-order valence-electron chi connectivity index (χ3n) is 3.39. The summed E-state index contributed by atoms with van der Waals surface area (Å²) in [6, 6.07) is 5.02. The molecule has 0 aliphatic rings. The molecule has 2 rings (SSSR count). The molecule has 2 aromatic rings. The molecule has 0 bridgehead atoms. The number of nitrogens with zero attached hydrogens (tertiary/aromatic N) is 2. The predicted octanol–water partition coefficient (Wildman–Crippen LogP) is 2.65. The largest absolute Gasteiger partial charge is 0.497 e. The highest BCUT2D eigenvalue weighted by atomic mass is 35.5. The molecular weight excluding hydrogens is 290 g/mol. The quantitative estimate of drug-likeness (QED) is 0.681. The van der Waals surface area contributed by atoms with E-state index in [1.54, 1.807) is 37.0 Å². The number of ether oxygens (including phenoxy) is 1. The van der Waals surface area contributed by atoms with Crippen molar-refractivity contribution >= 4 is 23.1 Å². The molecule has 112 valence electrons. The van der Waals surface area contributed by atoms with Gasteiger partial charge < -0.3 is 10.5 Å². The molecule has 0 radical (unpaired) electrons. The minimum atomic E-state index is -0.0947. The number of hydrogen-bond acceptors (Lipinski definition) is 4.